The zero-order chi connectivity index (χ0) is 19.8. The number of morpholine rings is 1. The number of hydrogen-bond acceptors (Lipinski definition) is 5. The largest absolute Gasteiger partial charge is 0.444 e. The first kappa shape index (κ1) is 20.1. The van der Waals surface area contributed by atoms with Gasteiger partial charge in [0, 0.05) is 18.8 Å². The van der Waals surface area contributed by atoms with E-state index in [1.807, 2.05) is 6.92 Å². The van der Waals surface area contributed by atoms with Gasteiger partial charge >= 0.3 is 0 Å². The molecule has 1 N–H and O–H groups in total. The van der Waals surface area contributed by atoms with Crippen LogP contribution in [0.15, 0.2) is 32.2 Å². The molecule has 7 nitrogen and oxygen atoms in total. The summed E-state index contributed by atoms with van der Waals surface area (Å²) in [6, 6.07) is 4.94. The van der Waals surface area contributed by atoms with Crippen LogP contribution in [0.4, 0.5) is 5.69 Å². The van der Waals surface area contributed by atoms with Gasteiger partial charge in [-0.15, -0.1) is 0 Å². The first-order chi connectivity index (χ1) is 12.7. The van der Waals surface area contributed by atoms with Gasteiger partial charge < -0.3 is 14.5 Å². The van der Waals surface area contributed by atoms with Crippen LogP contribution >= 0.6 is 15.9 Å². The molecule has 2 heterocycles. The third-order valence-electron chi connectivity index (χ3n) is 4.50. The number of ether oxygens (including phenoxy) is 1. The average Bonchev–Trinajstić information content (AvgIpc) is 3.05. The summed E-state index contributed by atoms with van der Waals surface area (Å²) in [6.45, 7) is 6.69. The summed E-state index contributed by atoms with van der Waals surface area (Å²) in [5.41, 5.74) is 2.42. The maximum atomic E-state index is 13.2. The molecule has 27 heavy (non-hydrogen) atoms. The van der Waals surface area contributed by atoms with Crippen molar-refractivity contribution in [3.05, 3.63) is 45.3 Å². The zero-order valence-corrected chi connectivity index (χ0v) is 17.7. The van der Waals surface area contributed by atoms with E-state index < -0.39 is 15.9 Å². The van der Waals surface area contributed by atoms with Gasteiger partial charge in [-0.3, -0.25) is 4.79 Å². The van der Waals surface area contributed by atoms with Gasteiger partial charge in [-0.1, -0.05) is 6.07 Å². The van der Waals surface area contributed by atoms with Crippen molar-refractivity contribution >= 4 is 37.5 Å². The summed E-state index contributed by atoms with van der Waals surface area (Å²) < 4.78 is 38.8. The Kier molecular flexibility index (Phi) is 5.76. The molecule has 1 aliphatic heterocycles. The van der Waals surface area contributed by atoms with E-state index in [2.05, 4.69) is 21.2 Å². The minimum Gasteiger partial charge on any atom is -0.444 e. The fraction of sp³-hybridized carbons (Fsp3) is 0.389. The smallest absolute Gasteiger partial charge is 0.291 e. The summed E-state index contributed by atoms with van der Waals surface area (Å²) in [6.07, 6.45) is 0. The highest BCUT2D eigenvalue weighted by Gasteiger charge is 2.31. The summed E-state index contributed by atoms with van der Waals surface area (Å²) in [5, 5.41) is 2.79. The quantitative estimate of drug-likeness (QED) is 0.762. The van der Waals surface area contributed by atoms with Crippen LogP contribution in [0.2, 0.25) is 0 Å². The number of rotatable bonds is 4. The lowest BCUT2D eigenvalue weighted by Crippen LogP contribution is -2.41. The maximum absolute atomic E-state index is 13.2. The molecule has 3 rings (SSSR count). The topological polar surface area (TPSA) is 88.9 Å². The van der Waals surface area contributed by atoms with Crippen molar-refractivity contribution in [1.82, 2.24) is 4.31 Å². The number of nitrogens with one attached hydrogen (secondary N) is 1. The number of anilines is 1. The summed E-state index contributed by atoms with van der Waals surface area (Å²) in [5.74, 6) is -0.302. The second kappa shape index (κ2) is 7.75. The number of nitrogens with zero attached hydrogens (tertiary/aromatic N) is 1. The van der Waals surface area contributed by atoms with Gasteiger partial charge in [-0.05, 0) is 65.5 Å². The Morgan fingerprint density at radius 1 is 1.15 bits per heavy atom. The Morgan fingerprint density at radius 3 is 2.41 bits per heavy atom. The number of carbonyl (C=O) groups is 1. The fourth-order valence-electron chi connectivity index (χ4n) is 3.28. The third-order valence-corrected chi connectivity index (χ3v) is 7.12. The predicted octanol–water partition coefficient (Wildman–Crippen LogP) is 3.24. The Bertz CT molecular complexity index is 978. The summed E-state index contributed by atoms with van der Waals surface area (Å²) in [7, 11) is -3.69. The van der Waals surface area contributed by atoms with Crippen molar-refractivity contribution in [2.45, 2.75) is 25.7 Å². The summed E-state index contributed by atoms with van der Waals surface area (Å²) >= 11 is 3.16. The SMILES string of the molecule is Cc1cc(C)c(S(=O)(=O)N2CCOCC2)c(C)c1NC(=O)c1ccc(Br)o1. The number of aryl methyl sites for hydroxylation is 2. The Hall–Kier alpha value is -1.68. The van der Waals surface area contributed by atoms with Crippen molar-refractivity contribution in [3.8, 4) is 0 Å². The Balaban J connectivity index is 2.01. The number of sulfonamides is 1. The van der Waals surface area contributed by atoms with E-state index in [0.29, 0.717) is 47.8 Å². The van der Waals surface area contributed by atoms with Crippen LogP contribution in [0.1, 0.15) is 27.2 Å². The molecule has 146 valence electrons. The first-order valence-electron chi connectivity index (χ1n) is 8.47. The lowest BCUT2D eigenvalue weighted by atomic mass is 10.0. The molecule has 9 heteroatoms. The highest BCUT2D eigenvalue weighted by molar-refractivity contribution is 9.10. The van der Waals surface area contributed by atoms with Crippen LogP contribution in [-0.4, -0.2) is 44.9 Å². The van der Waals surface area contributed by atoms with Crippen LogP contribution in [0, 0.1) is 20.8 Å². The Morgan fingerprint density at radius 2 is 1.81 bits per heavy atom. The number of benzene rings is 1. The fourth-order valence-corrected chi connectivity index (χ4v) is 5.43. The van der Waals surface area contributed by atoms with Gasteiger partial charge in [0.25, 0.3) is 5.91 Å². The molecule has 0 spiro atoms. The minimum atomic E-state index is -3.69. The molecule has 0 saturated carbocycles. The second-order valence-corrected chi connectivity index (χ2v) is 9.07. The number of halogens is 1. The minimum absolute atomic E-state index is 0.138. The molecule has 0 bridgehead atoms. The lowest BCUT2D eigenvalue weighted by Gasteiger charge is -2.28. The normalized spacial score (nSPS) is 15.7. The zero-order valence-electron chi connectivity index (χ0n) is 15.3. The van der Waals surface area contributed by atoms with Crippen LogP contribution in [0.25, 0.3) is 0 Å². The molecule has 1 aromatic heterocycles. The van der Waals surface area contributed by atoms with Gasteiger partial charge in [-0.25, -0.2) is 8.42 Å². The average molecular weight is 457 g/mol. The van der Waals surface area contributed by atoms with E-state index in [1.165, 1.54) is 4.31 Å². The predicted molar refractivity (Wildman–Crippen MR) is 105 cm³/mol. The van der Waals surface area contributed by atoms with Crippen LogP contribution < -0.4 is 5.32 Å². The standard InChI is InChI=1S/C18H21BrN2O5S/c1-11-10-12(2)17(27(23,24)21-6-8-25-9-7-21)13(3)16(11)20-18(22)14-4-5-15(19)26-14/h4-5,10H,6-9H2,1-3H3,(H,20,22). The van der Waals surface area contributed by atoms with Crippen molar-refractivity contribution in [2.24, 2.45) is 0 Å². The van der Waals surface area contributed by atoms with Crippen LogP contribution in [0.5, 0.6) is 0 Å². The molecular weight excluding hydrogens is 436 g/mol. The molecule has 1 aromatic carbocycles. The van der Waals surface area contributed by atoms with Crippen molar-refractivity contribution in [3.63, 3.8) is 0 Å². The van der Waals surface area contributed by atoms with Crippen molar-refractivity contribution in [2.75, 3.05) is 31.6 Å². The van der Waals surface area contributed by atoms with E-state index >= 15 is 0 Å². The van der Waals surface area contributed by atoms with E-state index in [0.717, 1.165) is 5.56 Å². The molecule has 1 aliphatic rings. The number of amides is 1. The Labute approximate surface area is 166 Å². The molecule has 2 aromatic rings. The molecule has 0 radical (unpaired) electrons. The monoisotopic (exact) mass is 456 g/mol. The molecular formula is C18H21BrN2O5S. The molecule has 1 saturated heterocycles. The van der Waals surface area contributed by atoms with E-state index in [1.54, 1.807) is 32.0 Å². The van der Waals surface area contributed by atoms with Gasteiger partial charge in [0.2, 0.25) is 10.0 Å². The number of hydrogen-bond donors (Lipinski definition) is 1. The lowest BCUT2D eigenvalue weighted by molar-refractivity contribution is 0.0730. The molecule has 0 unspecified atom stereocenters. The van der Waals surface area contributed by atoms with Gasteiger partial charge in [0.05, 0.1) is 18.1 Å². The second-order valence-electron chi connectivity index (χ2n) is 6.41. The van der Waals surface area contributed by atoms with E-state index in [4.69, 9.17) is 9.15 Å². The van der Waals surface area contributed by atoms with Crippen LogP contribution in [0.3, 0.4) is 0 Å². The van der Waals surface area contributed by atoms with Crippen molar-refractivity contribution in [1.29, 1.82) is 0 Å². The molecule has 0 atom stereocenters. The van der Waals surface area contributed by atoms with Gasteiger partial charge in [-0.2, -0.15) is 4.31 Å². The highest BCUT2D eigenvalue weighted by atomic mass is 79.9. The van der Waals surface area contributed by atoms with Gasteiger partial charge in [0.1, 0.15) is 0 Å². The number of carbonyl (C=O) groups excluding carboxylic acids is 1. The van der Waals surface area contributed by atoms with Crippen LogP contribution in [-0.2, 0) is 14.8 Å². The third kappa shape index (κ3) is 3.96. The van der Waals surface area contributed by atoms with E-state index in [9.17, 15) is 13.2 Å². The van der Waals surface area contributed by atoms with Gasteiger partial charge in [0.15, 0.2) is 10.4 Å². The first-order valence-corrected chi connectivity index (χ1v) is 10.7. The maximum Gasteiger partial charge on any atom is 0.291 e. The molecule has 0 aliphatic carbocycles. The molecule has 1 fully saturated rings. The highest BCUT2D eigenvalue weighted by Crippen LogP contribution is 2.33. The summed E-state index contributed by atoms with van der Waals surface area (Å²) in [4.78, 5) is 12.7. The van der Waals surface area contributed by atoms with E-state index in [-0.39, 0.29) is 10.7 Å². The van der Waals surface area contributed by atoms with Crippen molar-refractivity contribution < 1.29 is 22.4 Å². The molecule has 1 amide bonds. The number of furan rings is 1.